The molecular formula is C23H17Br2N5O3. The molecule has 0 saturated carbocycles. The van der Waals surface area contributed by atoms with Gasteiger partial charge in [-0.1, -0.05) is 22.0 Å². The van der Waals surface area contributed by atoms with Crippen LogP contribution in [0.5, 0.6) is 0 Å². The van der Waals surface area contributed by atoms with E-state index >= 15 is 0 Å². The molecule has 3 aromatic heterocycles. The number of rotatable bonds is 3. The van der Waals surface area contributed by atoms with Crippen molar-refractivity contribution in [2.24, 2.45) is 0 Å². The number of piperazine rings is 1. The predicted octanol–water partition coefficient (Wildman–Crippen LogP) is 4.13. The number of carbonyl (C=O) groups is 1. The van der Waals surface area contributed by atoms with E-state index in [1.807, 2.05) is 36.4 Å². The Morgan fingerprint density at radius 1 is 0.939 bits per heavy atom. The van der Waals surface area contributed by atoms with Crippen LogP contribution in [0.15, 0.2) is 72.9 Å². The van der Waals surface area contributed by atoms with E-state index in [0.717, 1.165) is 16.0 Å². The maximum Gasteiger partial charge on any atom is 0.349 e. The van der Waals surface area contributed by atoms with Crippen molar-refractivity contribution in [3.8, 4) is 11.4 Å². The van der Waals surface area contributed by atoms with Crippen molar-refractivity contribution in [2.75, 3.05) is 31.1 Å². The van der Waals surface area contributed by atoms with Crippen molar-refractivity contribution in [1.82, 2.24) is 20.1 Å². The minimum absolute atomic E-state index is 0.0282. The van der Waals surface area contributed by atoms with Crippen LogP contribution < -0.4 is 10.5 Å². The third kappa shape index (κ3) is 4.40. The van der Waals surface area contributed by atoms with Crippen LogP contribution in [0.4, 0.5) is 5.82 Å². The minimum Gasteiger partial charge on any atom is -0.421 e. The second-order valence-electron chi connectivity index (χ2n) is 7.52. The van der Waals surface area contributed by atoms with Gasteiger partial charge in [-0.25, -0.2) is 4.79 Å². The highest BCUT2D eigenvalue weighted by molar-refractivity contribution is 9.11. The van der Waals surface area contributed by atoms with E-state index in [-0.39, 0.29) is 11.5 Å². The number of anilines is 1. The molecule has 0 atom stereocenters. The Labute approximate surface area is 205 Å². The fraction of sp³-hybridized carbons (Fsp3) is 0.174. The van der Waals surface area contributed by atoms with Crippen LogP contribution in [0.1, 0.15) is 10.4 Å². The average Bonchev–Trinajstić information content (AvgIpc) is 2.84. The van der Waals surface area contributed by atoms with Crippen LogP contribution in [0, 0.1) is 0 Å². The van der Waals surface area contributed by atoms with E-state index in [2.05, 4.69) is 51.9 Å². The van der Waals surface area contributed by atoms with Gasteiger partial charge in [0.25, 0.3) is 5.91 Å². The lowest BCUT2D eigenvalue weighted by atomic mass is 10.1. The summed E-state index contributed by atoms with van der Waals surface area (Å²) < 4.78 is 6.89. The lowest BCUT2D eigenvalue weighted by molar-refractivity contribution is 0.0742. The summed E-state index contributed by atoms with van der Waals surface area (Å²) in [4.78, 5) is 33.6. The van der Waals surface area contributed by atoms with Crippen LogP contribution in [0.25, 0.3) is 22.4 Å². The Morgan fingerprint density at radius 3 is 2.45 bits per heavy atom. The molecule has 4 heterocycles. The first-order valence-corrected chi connectivity index (χ1v) is 11.8. The van der Waals surface area contributed by atoms with Gasteiger partial charge in [-0.05, 0) is 58.4 Å². The van der Waals surface area contributed by atoms with E-state index in [4.69, 9.17) is 4.42 Å². The third-order valence-electron chi connectivity index (χ3n) is 5.45. The number of carbonyl (C=O) groups excluding carboxylic acids is 1. The lowest BCUT2D eigenvalue weighted by Gasteiger charge is -2.35. The monoisotopic (exact) mass is 569 g/mol. The lowest BCUT2D eigenvalue weighted by Crippen LogP contribution is -2.49. The summed E-state index contributed by atoms with van der Waals surface area (Å²) in [7, 11) is 0. The van der Waals surface area contributed by atoms with E-state index in [1.165, 1.54) is 0 Å². The van der Waals surface area contributed by atoms with E-state index in [9.17, 15) is 9.59 Å². The van der Waals surface area contributed by atoms with Crippen molar-refractivity contribution in [3.05, 3.63) is 79.7 Å². The Kier molecular flexibility index (Phi) is 5.94. The molecule has 1 amide bonds. The number of pyridine rings is 1. The zero-order chi connectivity index (χ0) is 22.9. The van der Waals surface area contributed by atoms with Crippen molar-refractivity contribution in [2.45, 2.75) is 0 Å². The topological polar surface area (TPSA) is 92.4 Å². The molecule has 0 spiro atoms. The molecule has 10 heteroatoms. The summed E-state index contributed by atoms with van der Waals surface area (Å²) >= 11 is 6.81. The van der Waals surface area contributed by atoms with Crippen molar-refractivity contribution in [1.29, 1.82) is 0 Å². The van der Waals surface area contributed by atoms with Gasteiger partial charge in [0.1, 0.15) is 11.3 Å². The number of aromatic nitrogens is 3. The summed E-state index contributed by atoms with van der Waals surface area (Å²) in [5.74, 6) is 0.402. The highest BCUT2D eigenvalue weighted by Crippen LogP contribution is 2.28. The maximum absolute atomic E-state index is 13.1. The number of fused-ring (bicyclic) bond motifs is 1. The summed E-state index contributed by atoms with van der Waals surface area (Å²) in [5, 5.41) is 9.28. The number of nitrogens with zero attached hydrogens (tertiary/aromatic N) is 5. The fourth-order valence-corrected chi connectivity index (χ4v) is 5.10. The highest BCUT2D eigenvalue weighted by atomic mass is 79.9. The molecule has 1 aliphatic heterocycles. The molecule has 0 bridgehead atoms. The van der Waals surface area contributed by atoms with Crippen LogP contribution in [0.3, 0.4) is 0 Å². The molecule has 1 fully saturated rings. The van der Waals surface area contributed by atoms with Crippen LogP contribution in [-0.2, 0) is 0 Å². The van der Waals surface area contributed by atoms with Crippen molar-refractivity contribution in [3.63, 3.8) is 0 Å². The largest absolute Gasteiger partial charge is 0.421 e. The molecule has 1 aromatic carbocycles. The molecule has 1 saturated heterocycles. The normalized spacial score (nSPS) is 14.0. The molecule has 8 nitrogen and oxygen atoms in total. The molecule has 33 heavy (non-hydrogen) atoms. The van der Waals surface area contributed by atoms with E-state index < -0.39 is 5.63 Å². The van der Waals surface area contributed by atoms with Crippen LogP contribution in [0.2, 0.25) is 0 Å². The van der Waals surface area contributed by atoms with Crippen LogP contribution in [-0.4, -0.2) is 52.2 Å². The van der Waals surface area contributed by atoms with Gasteiger partial charge >= 0.3 is 5.63 Å². The summed E-state index contributed by atoms with van der Waals surface area (Å²) in [6.45, 7) is 2.09. The highest BCUT2D eigenvalue weighted by Gasteiger charge is 2.26. The second kappa shape index (κ2) is 9.03. The molecule has 5 rings (SSSR count). The van der Waals surface area contributed by atoms with Crippen molar-refractivity contribution < 1.29 is 9.21 Å². The summed E-state index contributed by atoms with van der Waals surface area (Å²) in [5.41, 5.74) is 1.27. The van der Waals surface area contributed by atoms with Gasteiger partial charge < -0.3 is 14.2 Å². The number of benzene rings is 1. The molecule has 1 aliphatic rings. The maximum atomic E-state index is 13.1. The van der Waals surface area contributed by atoms with Gasteiger partial charge in [0.2, 0.25) is 0 Å². The Morgan fingerprint density at radius 2 is 1.76 bits per heavy atom. The average molecular weight is 571 g/mol. The van der Waals surface area contributed by atoms with E-state index in [1.54, 1.807) is 23.2 Å². The molecule has 0 radical (unpaired) electrons. The number of hydrogen-bond donors (Lipinski definition) is 0. The molecule has 0 unspecified atom stereocenters. The van der Waals surface area contributed by atoms with Crippen LogP contribution >= 0.6 is 31.9 Å². The number of amides is 1. The predicted molar refractivity (Wildman–Crippen MR) is 131 cm³/mol. The van der Waals surface area contributed by atoms with Gasteiger partial charge in [-0.15, -0.1) is 10.2 Å². The van der Waals surface area contributed by atoms with Gasteiger partial charge in [-0.3, -0.25) is 9.78 Å². The zero-order valence-corrected chi connectivity index (χ0v) is 20.4. The first-order valence-electron chi connectivity index (χ1n) is 10.2. The minimum atomic E-state index is -0.645. The standard InChI is InChI=1S/C23H17Br2N5O3/c24-15-11-14-12-16(23(32)33-21(14)17(25)13-15)22(31)30-9-7-29(8-10-30)20-5-4-19(27-28-20)18-3-1-2-6-26-18/h1-6,11-13H,7-10H2. The Bertz CT molecular complexity index is 1390. The second-order valence-corrected chi connectivity index (χ2v) is 9.29. The molecule has 4 aromatic rings. The quantitative estimate of drug-likeness (QED) is 0.342. The van der Waals surface area contributed by atoms with Gasteiger partial charge in [0.15, 0.2) is 11.4 Å². The Balaban J connectivity index is 1.30. The molecule has 166 valence electrons. The first-order chi connectivity index (χ1) is 16.0. The summed E-state index contributed by atoms with van der Waals surface area (Å²) in [6.07, 6.45) is 1.72. The fourth-order valence-electron chi connectivity index (χ4n) is 3.76. The van der Waals surface area contributed by atoms with Gasteiger partial charge in [-0.2, -0.15) is 0 Å². The van der Waals surface area contributed by atoms with Gasteiger partial charge in [0.05, 0.1) is 10.2 Å². The molecule has 0 N–H and O–H groups in total. The smallest absolute Gasteiger partial charge is 0.349 e. The number of hydrogen-bond acceptors (Lipinski definition) is 7. The SMILES string of the molecule is O=C(c1cc2cc(Br)cc(Br)c2oc1=O)N1CCN(c2ccc(-c3ccccn3)nn2)CC1. The molecular weight excluding hydrogens is 554 g/mol. The van der Waals surface area contributed by atoms with Crippen molar-refractivity contribution >= 4 is 54.6 Å². The summed E-state index contributed by atoms with van der Waals surface area (Å²) in [6, 6.07) is 14.6. The number of halogens is 2. The van der Waals surface area contributed by atoms with Gasteiger partial charge in [0, 0.05) is 42.2 Å². The molecule has 0 aliphatic carbocycles. The third-order valence-corrected chi connectivity index (χ3v) is 6.50. The zero-order valence-electron chi connectivity index (χ0n) is 17.2. The van der Waals surface area contributed by atoms with E-state index in [0.29, 0.717) is 47.3 Å². The Hall–Kier alpha value is -3.11. The first kappa shape index (κ1) is 21.7.